The topological polar surface area (TPSA) is 17.1 Å². The van der Waals surface area contributed by atoms with Crippen molar-refractivity contribution in [3.8, 4) is 0 Å². The van der Waals surface area contributed by atoms with Crippen molar-refractivity contribution in [3.05, 3.63) is 11.6 Å². The zero-order valence-corrected chi connectivity index (χ0v) is 8.01. The second kappa shape index (κ2) is 2.46. The highest BCUT2D eigenvalue weighted by molar-refractivity contribution is 5.83. The lowest BCUT2D eigenvalue weighted by molar-refractivity contribution is -0.125. The highest BCUT2D eigenvalue weighted by atomic mass is 16.1. The van der Waals surface area contributed by atoms with Gasteiger partial charge in [0.1, 0.15) is 5.78 Å². The van der Waals surface area contributed by atoms with Crippen LogP contribution in [0.2, 0.25) is 0 Å². The average Bonchev–Trinajstić information content (AvgIpc) is 2.47. The van der Waals surface area contributed by atoms with Crippen molar-refractivity contribution < 1.29 is 4.79 Å². The Labute approximate surface area is 79.2 Å². The van der Waals surface area contributed by atoms with Crippen LogP contribution in [0.4, 0.5) is 0 Å². The van der Waals surface area contributed by atoms with Crippen LogP contribution in [0.5, 0.6) is 0 Å². The van der Waals surface area contributed by atoms with Crippen molar-refractivity contribution >= 4 is 5.78 Å². The van der Waals surface area contributed by atoms with Crippen LogP contribution in [0.3, 0.4) is 0 Å². The predicted octanol–water partition coefficient (Wildman–Crippen LogP) is 2.86. The summed E-state index contributed by atoms with van der Waals surface area (Å²) in [4.78, 5) is 11.6. The Morgan fingerprint density at radius 1 is 1.38 bits per heavy atom. The van der Waals surface area contributed by atoms with E-state index in [1.54, 1.807) is 5.57 Å². The minimum atomic E-state index is 0.415. The summed E-state index contributed by atoms with van der Waals surface area (Å²) in [6.07, 6.45) is 10.7. The molecule has 70 valence electrons. The number of ketones is 1. The first-order chi connectivity index (χ1) is 6.30. The summed E-state index contributed by atoms with van der Waals surface area (Å²) in [5.74, 6) is 0.957. The van der Waals surface area contributed by atoms with E-state index < -0.39 is 0 Å². The van der Waals surface area contributed by atoms with Crippen LogP contribution in [-0.2, 0) is 4.79 Å². The van der Waals surface area contributed by atoms with Crippen LogP contribution in [0, 0.1) is 11.3 Å². The van der Waals surface area contributed by atoms with Gasteiger partial charge in [-0.15, -0.1) is 0 Å². The summed E-state index contributed by atoms with van der Waals surface area (Å²) in [6.45, 7) is 0. The van der Waals surface area contributed by atoms with E-state index in [0.717, 1.165) is 19.3 Å². The molecule has 0 N–H and O–H groups in total. The summed E-state index contributed by atoms with van der Waals surface area (Å²) in [5, 5.41) is 0. The third-order valence-corrected chi connectivity index (χ3v) is 4.34. The standard InChI is InChI=1S/C12H16O/c13-11-4-6-12-5-2-1-3-10(12)7-9(11)8-12/h3,9H,1-2,4-8H2. The van der Waals surface area contributed by atoms with E-state index in [1.807, 2.05) is 0 Å². The molecule has 2 atom stereocenters. The Balaban J connectivity index is 2.01. The van der Waals surface area contributed by atoms with Crippen molar-refractivity contribution in [3.63, 3.8) is 0 Å². The van der Waals surface area contributed by atoms with E-state index in [0.29, 0.717) is 17.1 Å². The maximum atomic E-state index is 11.6. The fourth-order valence-electron chi connectivity index (χ4n) is 3.62. The molecule has 2 fully saturated rings. The Kier molecular flexibility index (Phi) is 1.47. The molecular formula is C12H16O. The number of carbonyl (C=O) groups is 1. The van der Waals surface area contributed by atoms with Gasteiger partial charge in [0, 0.05) is 12.3 Å². The van der Waals surface area contributed by atoms with Gasteiger partial charge in [-0.05, 0) is 43.9 Å². The number of rotatable bonds is 0. The molecule has 1 spiro atoms. The Morgan fingerprint density at radius 3 is 3.23 bits per heavy atom. The number of carbonyl (C=O) groups excluding carboxylic acids is 1. The van der Waals surface area contributed by atoms with E-state index in [4.69, 9.17) is 0 Å². The number of fused-ring (bicyclic) bond motifs is 1. The summed E-state index contributed by atoms with van der Waals surface area (Å²) in [5.41, 5.74) is 2.16. The number of hydrogen-bond acceptors (Lipinski definition) is 1. The van der Waals surface area contributed by atoms with E-state index in [2.05, 4.69) is 6.08 Å². The molecule has 0 heterocycles. The fourth-order valence-corrected chi connectivity index (χ4v) is 3.62. The Hall–Kier alpha value is -0.590. The van der Waals surface area contributed by atoms with Crippen LogP contribution >= 0.6 is 0 Å². The Bertz CT molecular complexity index is 289. The molecule has 3 rings (SSSR count). The van der Waals surface area contributed by atoms with Gasteiger partial charge in [-0.2, -0.15) is 0 Å². The summed E-state index contributed by atoms with van der Waals surface area (Å²) >= 11 is 0. The molecule has 0 amide bonds. The molecule has 3 aliphatic carbocycles. The molecule has 0 aliphatic heterocycles. The minimum Gasteiger partial charge on any atom is -0.299 e. The van der Waals surface area contributed by atoms with Gasteiger partial charge in [-0.1, -0.05) is 11.6 Å². The zero-order chi connectivity index (χ0) is 8.89. The molecule has 0 aromatic heterocycles. The predicted molar refractivity (Wildman–Crippen MR) is 51.3 cm³/mol. The molecule has 2 bridgehead atoms. The normalized spacial score (nSPS) is 42.9. The third kappa shape index (κ3) is 0.962. The lowest BCUT2D eigenvalue weighted by Gasteiger charge is -2.36. The summed E-state index contributed by atoms with van der Waals surface area (Å²) in [7, 11) is 0. The maximum Gasteiger partial charge on any atom is 0.136 e. The largest absolute Gasteiger partial charge is 0.299 e. The number of hydrogen-bond donors (Lipinski definition) is 0. The second-order valence-electron chi connectivity index (χ2n) is 4.97. The second-order valence-corrected chi connectivity index (χ2v) is 4.97. The van der Waals surface area contributed by atoms with Crippen LogP contribution in [0.1, 0.15) is 44.9 Å². The van der Waals surface area contributed by atoms with Crippen molar-refractivity contribution in [2.75, 3.05) is 0 Å². The molecule has 2 unspecified atom stereocenters. The van der Waals surface area contributed by atoms with Crippen LogP contribution in [0.15, 0.2) is 11.6 Å². The molecule has 0 aromatic rings. The first-order valence-electron chi connectivity index (χ1n) is 5.52. The highest BCUT2D eigenvalue weighted by Gasteiger charge is 2.49. The Morgan fingerprint density at radius 2 is 2.31 bits per heavy atom. The maximum absolute atomic E-state index is 11.6. The summed E-state index contributed by atoms with van der Waals surface area (Å²) < 4.78 is 0. The molecule has 1 heteroatoms. The van der Waals surface area contributed by atoms with Crippen molar-refractivity contribution in [1.82, 2.24) is 0 Å². The van der Waals surface area contributed by atoms with Gasteiger partial charge < -0.3 is 0 Å². The van der Waals surface area contributed by atoms with Crippen molar-refractivity contribution in [1.29, 1.82) is 0 Å². The quantitative estimate of drug-likeness (QED) is 0.519. The molecule has 13 heavy (non-hydrogen) atoms. The van der Waals surface area contributed by atoms with E-state index in [-0.39, 0.29) is 0 Å². The van der Waals surface area contributed by atoms with Crippen LogP contribution in [0.25, 0.3) is 0 Å². The number of Topliss-reactive ketones (excluding diaryl/α,β-unsaturated/α-hetero) is 1. The zero-order valence-electron chi connectivity index (χ0n) is 8.01. The molecule has 0 aromatic carbocycles. The molecule has 1 nitrogen and oxygen atoms in total. The van der Waals surface area contributed by atoms with Gasteiger partial charge in [0.15, 0.2) is 0 Å². The minimum absolute atomic E-state index is 0.415. The third-order valence-electron chi connectivity index (χ3n) is 4.34. The van der Waals surface area contributed by atoms with Gasteiger partial charge in [0.05, 0.1) is 0 Å². The fraction of sp³-hybridized carbons (Fsp3) is 0.750. The van der Waals surface area contributed by atoms with E-state index >= 15 is 0 Å². The smallest absolute Gasteiger partial charge is 0.136 e. The van der Waals surface area contributed by atoms with Gasteiger partial charge in [0.2, 0.25) is 0 Å². The average molecular weight is 176 g/mol. The molecule has 3 aliphatic rings. The highest BCUT2D eigenvalue weighted by Crippen LogP contribution is 2.57. The SMILES string of the molecule is O=C1CCC23CCCC=C2CC1C3. The van der Waals surface area contributed by atoms with Gasteiger partial charge >= 0.3 is 0 Å². The van der Waals surface area contributed by atoms with Gasteiger partial charge in [-0.25, -0.2) is 0 Å². The van der Waals surface area contributed by atoms with Crippen molar-refractivity contribution in [2.45, 2.75) is 44.9 Å². The molecule has 2 saturated carbocycles. The van der Waals surface area contributed by atoms with Crippen LogP contribution < -0.4 is 0 Å². The van der Waals surface area contributed by atoms with Crippen LogP contribution in [-0.4, -0.2) is 5.78 Å². The first kappa shape index (κ1) is 7.78. The van der Waals surface area contributed by atoms with E-state index in [9.17, 15) is 4.79 Å². The first-order valence-corrected chi connectivity index (χ1v) is 5.52. The molecule has 0 radical (unpaired) electrons. The number of allylic oxidation sites excluding steroid dienone is 2. The monoisotopic (exact) mass is 176 g/mol. The molecule has 0 saturated heterocycles. The van der Waals surface area contributed by atoms with Crippen molar-refractivity contribution in [2.24, 2.45) is 11.3 Å². The lowest BCUT2D eigenvalue weighted by atomic mass is 9.68. The van der Waals surface area contributed by atoms with E-state index in [1.165, 1.54) is 25.7 Å². The lowest BCUT2D eigenvalue weighted by Crippen LogP contribution is -2.28. The molecular weight excluding hydrogens is 160 g/mol. The summed E-state index contributed by atoms with van der Waals surface area (Å²) in [6, 6.07) is 0. The van der Waals surface area contributed by atoms with Gasteiger partial charge in [-0.3, -0.25) is 4.79 Å². The van der Waals surface area contributed by atoms with Gasteiger partial charge in [0.25, 0.3) is 0 Å².